The van der Waals surface area contributed by atoms with Crippen molar-refractivity contribution in [2.75, 3.05) is 54.4 Å². The van der Waals surface area contributed by atoms with Crippen molar-refractivity contribution in [2.45, 2.75) is 20.0 Å². The van der Waals surface area contributed by atoms with E-state index >= 15 is 0 Å². The highest BCUT2D eigenvalue weighted by atomic mass is 35.5. The van der Waals surface area contributed by atoms with Crippen molar-refractivity contribution in [1.29, 1.82) is 0 Å². The van der Waals surface area contributed by atoms with Crippen LogP contribution >= 0.6 is 11.6 Å². The van der Waals surface area contributed by atoms with Gasteiger partial charge in [0.25, 0.3) is 5.91 Å². The molecule has 1 aliphatic rings. The van der Waals surface area contributed by atoms with E-state index in [4.69, 9.17) is 11.6 Å². The minimum atomic E-state index is -4.56. The first-order chi connectivity index (χ1) is 19.2. The maximum Gasteiger partial charge on any atom is 0.416 e. The molecule has 0 spiro atoms. The van der Waals surface area contributed by atoms with Crippen LogP contribution in [0.2, 0.25) is 5.02 Å². The topological polar surface area (TPSA) is 77.8 Å². The molecule has 2 aromatic heterocycles. The Hall–Kier alpha value is -3.83. The molecule has 1 amide bonds. The minimum Gasteiger partial charge on any atom is -0.367 e. The van der Waals surface area contributed by atoms with Gasteiger partial charge in [0.05, 0.1) is 23.1 Å². The van der Waals surface area contributed by atoms with Gasteiger partial charge in [-0.15, -0.1) is 0 Å². The summed E-state index contributed by atoms with van der Waals surface area (Å²) in [5.41, 5.74) is 1.70. The number of benzene rings is 2. The van der Waals surface area contributed by atoms with Gasteiger partial charge >= 0.3 is 6.18 Å². The van der Waals surface area contributed by atoms with Crippen molar-refractivity contribution in [3.8, 4) is 11.1 Å². The zero-order chi connectivity index (χ0) is 28.4. The predicted molar refractivity (Wildman–Crippen MR) is 151 cm³/mol. The average molecular weight is 572 g/mol. The van der Waals surface area contributed by atoms with E-state index < -0.39 is 17.6 Å². The number of hydrogen-bond acceptors (Lipinski definition) is 6. The Balaban J connectivity index is 1.60. The van der Waals surface area contributed by atoms with E-state index in [1.165, 1.54) is 6.07 Å². The third-order valence-electron chi connectivity index (χ3n) is 6.94. The molecule has 2 aromatic carbocycles. The lowest BCUT2D eigenvalue weighted by molar-refractivity contribution is -0.137. The SMILES string of the molecule is CCN(CC)c1cc(C(=O)Nc2cc(C(F)(F)F)ccc2N2CCNCC2)nc2c(-c3cccc(Cl)c3)cnn12. The van der Waals surface area contributed by atoms with Gasteiger partial charge < -0.3 is 20.4 Å². The number of anilines is 3. The standard InChI is InChI=1S/C28H29ClF3N7O/c1-3-37(4-2)25-16-23(35-26-21(17-34-39(25)26)18-6-5-7-20(29)14-18)27(40)36-22-15-19(28(30,31)32)8-9-24(22)38-12-10-33-11-13-38/h5-9,14-17,33H,3-4,10-13H2,1-2H3,(H,36,40). The average Bonchev–Trinajstić information content (AvgIpc) is 3.38. The number of rotatable bonds is 7. The fourth-order valence-corrected chi connectivity index (χ4v) is 5.07. The van der Waals surface area contributed by atoms with Crippen LogP contribution in [0.15, 0.2) is 54.7 Å². The highest BCUT2D eigenvalue weighted by molar-refractivity contribution is 6.30. The van der Waals surface area contributed by atoms with E-state index in [9.17, 15) is 18.0 Å². The molecule has 0 bridgehead atoms. The number of piperazine rings is 1. The number of hydrogen-bond donors (Lipinski definition) is 2. The molecule has 3 heterocycles. The van der Waals surface area contributed by atoms with Gasteiger partial charge in [-0.3, -0.25) is 4.79 Å². The number of alkyl halides is 3. The molecule has 5 rings (SSSR count). The number of amides is 1. The Labute approximate surface area is 234 Å². The molecule has 0 saturated carbocycles. The molecule has 40 heavy (non-hydrogen) atoms. The van der Waals surface area contributed by atoms with Crippen LogP contribution in [0, 0.1) is 0 Å². The lowest BCUT2D eigenvalue weighted by Crippen LogP contribution is -2.43. The molecule has 8 nitrogen and oxygen atoms in total. The van der Waals surface area contributed by atoms with Crippen LogP contribution in [0.25, 0.3) is 16.8 Å². The second-order valence-electron chi connectivity index (χ2n) is 9.40. The van der Waals surface area contributed by atoms with Crippen molar-refractivity contribution in [2.24, 2.45) is 0 Å². The van der Waals surface area contributed by atoms with E-state index in [0.717, 1.165) is 17.7 Å². The third-order valence-corrected chi connectivity index (χ3v) is 7.17. The maximum absolute atomic E-state index is 13.7. The number of fused-ring (bicyclic) bond motifs is 1. The quantitative estimate of drug-likeness (QED) is 0.302. The van der Waals surface area contributed by atoms with Gasteiger partial charge in [-0.1, -0.05) is 23.7 Å². The lowest BCUT2D eigenvalue weighted by Gasteiger charge is -2.31. The number of carbonyl (C=O) groups is 1. The van der Waals surface area contributed by atoms with Gasteiger partial charge in [-0.05, 0) is 49.7 Å². The smallest absolute Gasteiger partial charge is 0.367 e. The Kier molecular flexibility index (Phi) is 7.86. The molecule has 1 fully saturated rings. The highest BCUT2D eigenvalue weighted by Crippen LogP contribution is 2.36. The molecule has 4 aromatic rings. The number of nitrogens with zero attached hydrogens (tertiary/aromatic N) is 5. The van der Waals surface area contributed by atoms with Crippen LogP contribution in [-0.2, 0) is 6.18 Å². The predicted octanol–water partition coefficient (Wildman–Crippen LogP) is 5.58. The summed E-state index contributed by atoms with van der Waals surface area (Å²) >= 11 is 6.23. The fourth-order valence-electron chi connectivity index (χ4n) is 4.88. The summed E-state index contributed by atoms with van der Waals surface area (Å²) in [6, 6.07) is 12.3. The zero-order valence-electron chi connectivity index (χ0n) is 22.1. The van der Waals surface area contributed by atoms with Gasteiger partial charge in [0.15, 0.2) is 5.65 Å². The Morgan fingerprint density at radius 2 is 1.85 bits per heavy atom. The van der Waals surface area contributed by atoms with Gasteiger partial charge in [0.1, 0.15) is 11.5 Å². The minimum absolute atomic E-state index is 0.0573. The summed E-state index contributed by atoms with van der Waals surface area (Å²) in [4.78, 5) is 22.3. The Morgan fingerprint density at radius 1 is 1.10 bits per heavy atom. The largest absolute Gasteiger partial charge is 0.416 e. The van der Waals surface area contributed by atoms with Gasteiger partial charge in [-0.25, -0.2) is 4.98 Å². The monoisotopic (exact) mass is 571 g/mol. The molecule has 0 aliphatic carbocycles. The van der Waals surface area contributed by atoms with E-state index in [1.54, 1.807) is 28.9 Å². The van der Waals surface area contributed by atoms with E-state index in [-0.39, 0.29) is 11.4 Å². The van der Waals surface area contributed by atoms with Crippen LogP contribution in [0.4, 0.5) is 30.4 Å². The second kappa shape index (κ2) is 11.3. The van der Waals surface area contributed by atoms with Crippen molar-refractivity contribution >= 4 is 40.3 Å². The van der Waals surface area contributed by atoms with Gasteiger partial charge in [0.2, 0.25) is 0 Å². The molecular formula is C28H29ClF3N7O. The van der Waals surface area contributed by atoms with Crippen molar-refractivity contribution in [3.63, 3.8) is 0 Å². The number of nitrogens with one attached hydrogen (secondary N) is 2. The van der Waals surface area contributed by atoms with Gasteiger partial charge in [-0.2, -0.15) is 22.8 Å². The Bertz CT molecular complexity index is 1530. The number of halogens is 4. The van der Waals surface area contributed by atoms with Crippen molar-refractivity contribution in [1.82, 2.24) is 19.9 Å². The molecular weight excluding hydrogens is 543 g/mol. The molecule has 210 valence electrons. The normalized spacial score (nSPS) is 14.0. The molecule has 0 atom stereocenters. The third kappa shape index (κ3) is 5.57. The van der Waals surface area contributed by atoms with Crippen LogP contribution < -0.4 is 20.4 Å². The summed E-state index contributed by atoms with van der Waals surface area (Å²) in [5.74, 6) is 0.0182. The zero-order valence-corrected chi connectivity index (χ0v) is 22.9. The van der Waals surface area contributed by atoms with E-state index in [1.807, 2.05) is 35.8 Å². The molecule has 0 unspecified atom stereocenters. The van der Waals surface area contributed by atoms with Crippen LogP contribution in [0.1, 0.15) is 29.9 Å². The molecule has 1 aliphatic heterocycles. The first-order valence-corrected chi connectivity index (χ1v) is 13.4. The lowest BCUT2D eigenvalue weighted by atomic mass is 10.1. The van der Waals surface area contributed by atoms with Gasteiger partial charge in [0, 0.05) is 55.9 Å². The van der Waals surface area contributed by atoms with Crippen LogP contribution in [0.5, 0.6) is 0 Å². The van der Waals surface area contributed by atoms with Crippen LogP contribution in [0.3, 0.4) is 0 Å². The van der Waals surface area contributed by atoms with Crippen molar-refractivity contribution in [3.05, 3.63) is 71.0 Å². The maximum atomic E-state index is 13.7. The summed E-state index contributed by atoms with van der Waals surface area (Å²) in [6.07, 6.45) is -2.89. The summed E-state index contributed by atoms with van der Waals surface area (Å²) in [5, 5.41) is 11.0. The fraction of sp³-hybridized carbons (Fsp3) is 0.321. The molecule has 12 heteroatoms. The van der Waals surface area contributed by atoms with E-state index in [0.29, 0.717) is 67.0 Å². The first kappa shape index (κ1) is 27.7. The summed E-state index contributed by atoms with van der Waals surface area (Å²) in [6.45, 7) is 7.83. The molecule has 0 radical (unpaired) electrons. The highest BCUT2D eigenvalue weighted by Gasteiger charge is 2.32. The molecule has 1 saturated heterocycles. The van der Waals surface area contributed by atoms with Crippen LogP contribution in [-0.4, -0.2) is 59.8 Å². The van der Waals surface area contributed by atoms with Crippen molar-refractivity contribution < 1.29 is 18.0 Å². The first-order valence-electron chi connectivity index (χ1n) is 13.1. The summed E-state index contributed by atoms with van der Waals surface area (Å²) in [7, 11) is 0. The van der Waals surface area contributed by atoms with E-state index in [2.05, 4.69) is 20.7 Å². The number of carbonyl (C=O) groups excluding carboxylic acids is 1. The Morgan fingerprint density at radius 3 is 2.52 bits per heavy atom. The second-order valence-corrected chi connectivity index (χ2v) is 9.83. The number of aromatic nitrogens is 3. The summed E-state index contributed by atoms with van der Waals surface area (Å²) < 4.78 is 42.5. The molecule has 2 N–H and O–H groups in total.